The number of nitrogens with zero attached hydrogens (tertiary/aromatic N) is 1. The van der Waals surface area contributed by atoms with E-state index >= 15 is 0 Å². The van der Waals surface area contributed by atoms with Gasteiger partial charge in [-0.05, 0) is 119 Å². The number of hydrogen-bond acceptors (Lipinski definition) is 0. The SMILES string of the molecule is c1ccc(-c2c3ccccc3c(-c3ccccc3)c3cc(-c4ccc5c(c4)c4ccccc4n5-c4ccc(-c5ccc6ccccc6c5)cc4)ccc23)cc1. The Morgan fingerprint density at radius 3 is 1.42 bits per heavy atom. The molecule has 11 aromatic rings. The normalized spacial score (nSPS) is 11.6. The van der Waals surface area contributed by atoms with Crippen LogP contribution in [-0.2, 0) is 0 Å². The number of para-hydroxylation sites is 1. The number of hydrogen-bond donors (Lipinski definition) is 0. The average Bonchev–Trinajstić information content (AvgIpc) is 3.59. The average molecular weight is 698 g/mol. The number of fused-ring (bicyclic) bond motifs is 6. The van der Waals surface area contributed by atoms with E-state index in [0.717, 1.165) is 5.69 Å². The molecule has 0 bridgehead atoms. The highest BCUT2D eigenvalue weighted by molar-refractivity contribution is 6.22. The Kier molecular flexibility index (Phi) is 7.25. The van der Waals surface area contributed by atoms with Gasteiger partial charge in [0, 0.05) is 16.5 Å². The molecule has 0 aliphatic heterocycles. The van der Waals surface area contributed by atoms with Crippen LogP contribution in [0.25, 0.3) is 104 Å². The van der Waals surface area contributed by atoms with Gasteiger partial charge in [-0.15, -0.1) is 0 Å². The predicted octanol–water partition coefficient (Wildman–Crippen LogP) is 14.9. The van der Waals surface area contributed by atoms with Crippen molar-refractivity contribution in [2.24, 2.45) is 0 Å². The fraction of sp³-hybridized carbons (Fsp3) is 0. The highest BCUT2D eigenvalue weighted by Crippen LogP contribution is 2.45. The molecule has 0 aliphatic rings. The first kappa shape index (κ1) is 31.3. The van der Waals surface area contributed by atoms with Crippen molar-refractivity contribution in [3.05, 3.63) is 212 Å². The molecule has 0 aliphatic carbocycles. The molecule has 1 heterocycles. The summed E-state index contributed by atoms with van der Waals surface area (Å²) < 4.78 is 2.41. The summed E-state index contributed by atoms with van der Waals surface area (Å²) in [4.78, 5) is 0. The minimum atomic E-state index is 1.15. The van der Waals surface area contributed by atoms with Crippen molar-refractivity contribution in [1.29, 1.82) is 0 Å². The van der Waals surface area contributed by atoms with Gasteiger partial charge in [-0.3, -0.25) is 0 Å². The van der Waals surface area contributed by atoms with Gasteiger partial charge in [0.25, 0.3) is 0 Å². The molecule has 10 aromatic carbocycles. The summed E-state index contributed by atoms with van der Waals surface area (Å²) in [6.45, 7) is 0. The van der Waals surface area contributed by atoms with E-state index in [1.807, 2.05) is 0 Å². The Hall–Kier alpha value is -7.22. The van der Waals surface area contributed by atoms with Crippen molar-refractivity contribution in [3.63, 3.8) is 0 Å². The van der Waals surface area contributed by atoms with Gasteiger partial charge >= 0.3 is 0 Å². The van der Waals surface area contributed by atoms with E-state index < -0.39 is 0 Å². The number of aromatic nitrogens is 1. The molecule has 0 saturated heterocycles. The van der Waals surface area contributed by atoms with Crippen molar-refractivity contribution < 1.29 is 0 Å². The second kappa shape index (κ2) is 12.7. The summed E-state index contributed by atoms with van der Waals surface area (Å²) in [6.07, 6.45) is 0. The zero-order valence-corrected chi connectivity index (χ0v) is 30.2. The molecule has 256 valence electrons. The molecule has 0 unspecified atom stereocenters. The van der Waals surface area contributed by atoms with Gasteiger partial charge in [-0.1, -0.05) is 170 Å². The highest BCUT2D eigenvalue weighted by Gasteiger charge is 2.18. The Bertz CT molecular complexity index is 3230. The summed E-state index contributed by atoms with van der Waals surface area (Å²) in [5.74, 6) is 0. The predicted molar refractivity (Wildman–Crippen MR) is 235 cm³/mol. The second-order valence-electron chi connectivity index (χ2n) is 14.5. The lowest BCUT2D eigenvalue weighted by molar-refractivity contribution is 1.18. The zero-order chi connectivity index (χ0) is 36.3. The quantitative estimate of drug-likeness (QED) is 0.158. The van der Waals surface area contributed by atoms with Crippen molar-refractivity contribution in [2.45, 2.75) is 0 Å². The highest BCUT2D eigenvalue weighted by atomic mass is 15.0. The fourth-order valence-electron chi connectivity index (χ4n) is 8.79. The minimum absolute atomic E-state index is 1.15. The lowest BCUT2D eigenvalue weighted by Gasteiger charge is -2.18. The van der Waals surface area contributed by atoms with Crippen LogP contribution in [0.3, 0.4) is 0 Å². The maximum atomic E-state index is 2.42. The van der Waals surface area contributed by atoms with Crippen LogP contribution >= 0.6 is 0 Å². The van der Waals surface area contributed by atoms with Crippen LogP contribution < -0.4 is 0 Å². The van der Waals surface area contributed by atoms with Crippen LogP contribution in [0.4, 0.5) is 0 Å². The zero-order valence-electron chi connectivity index (χ0n) is 30.2. The Balaban J connectivity index is 1.08. The summed E-state index contributed by atoms with van der Waals surface area (Å²) >= 11 is 0. The van der Waals surface area contributed by atoms with Gasteiger partial charge in [0.15, 0.2) is 0 Å². The summed E-state index contributed by atoms with van der Waals surface area (Å²) in [5, 5.41) is 10.1. The van der Waals surface area contributed by atoms with Crippen LogP contribution in [0, 0.1) is 0 Å². The van der Waals surface area contributed by atoms with Crippen LogP contribution in [0.2, 0.25) is 0 Å². The van der Waals surface area contributed by atoms with Crippen LogP contribution in [0.1, 0.15) is 0 Å². The first-order valence-corrected chi connectivity index (χ1v) is 19.0. The fourth-order valence-corrected chi connectivity index (χ4v) is 8.79. The maximum absolute atomic E-state index is 2.42. The molecular weight excluding hydrogens is 663 g/mol. The molecule has 0 amide bonds. The van der Waals surface area contributed by atoms with E-state index in [9.17, 15) is 0 Å². The first-order chi connectivity index (χ1) is 27.3. The monoisotopic (exact) mass is 697 g/mol. The molecular formula is C54H35N. The van der Waals surface area contributed by atoms with E-state index in [1.165, 1.54) is 98.6 Å². The molecule has 1 nitrogen and oxygen atoms in total. The lowest BCUT2D eigenvalue weighted by Crippen LogP contribution is -1.94. The summed E-state index contributed by atoms with van der Waals surface area (Å²) in [6, 6.07) is 77.7. The lowest BCUT2D eigenvalue weighted by atomic mass is 9.85. The maximum Gasteiger partial charge on any atom is 0.0541 e. The molecule has 11 rings (SSSR count). The van der Waals surface area contributed by atoms with E-state index in [0.29, 0.717) is 0 Å². The van der Waals surface area contributed by atoms with E-state index in [-0.39, 0.29) is 0 Å². The third-order valence-corrected chi connectivity index (χ3v) is 11.4. The third kappa shape index (κ3) is 5.16. The Morgan fingerprint density at radius 2 is 0.709 bits per heavy atom. The number of rotatable bonds is 5. The standard InChI is InChI=1S/C54H35N/c1-3-14-38(15-4-1)53-46-20-9-10-21-47(46)54(39-16-5-2-6-17-39)50-35-42(27-31-48(50)53)43-28-32-52-49(34-43)45-19-11-12-22-51(45)55(52)44-29-25-37(26-30-44)41-24-23-36-13-7-8-18-40(36)33-41/h1-35H. The van der Waals surface area contributed by atoms with Gasteiger partial charge in [-0.2, -0.15) is 0 Å². The van der Waals surface area contributed by atoms with Crippen molar-refractivity contribution >= 4 is 54.1 Å². The van der Waals surface area contributed by atoms with Crippen LogP contribution in [0.5, 0.6) is 0 Å². The van der Waals surface area contributed by atoms with E-state index in [2.05, 4.69) is 217 Å². The molecule has 0 saturated carbocycles. The molecule has 0 fully saturated rings. The summed E-state index contributed by atoms with van der Waals surface area (Å²) in [5.41, 5.74) is 13.4. The molecule has 0 radical (unpaired) electrons. The largest absolute Gasteiger partial charge is 0.309 e. The smallest absolute Gasteiger partial charge is 0.0541 e. The molecule has 0 spiro atoms. The summed E-state index contributed by atoms with van der Waals surface area (Å²) in [7, 11) is 0. The number of benzene rings is 10. The van der Waals surface area contributed by atoms with Crippen LogP contribution in [0.15, 0.2) is 212 Å². The van der Waals surface area contributed by atoms with Gasteiger partial charge < -0.3 is 4.57 Å². The molecule has 0 N–H and O–H groups in total. The molecule has 1 heteroatoms. The van der Waals surface area contributed by atoms with Gasteiger partial charge in [0.05, 0.1) is 11.0 Å². The first-order valence-electron chi connectivity index (χ1n) is 19.0. The molecule has 0 atom stereocenters. The van der Waals surface area contributed by atoms with Gasteiger partial charge in [0.1, 0.15) is 0 Å². The molecule has 55 heavy (non-hydrogen) atoms. The Morgan fingerprint density at radius 1 is 0.236 bits per heavy atom. The van der Waals surface area contributed by atoms with Crippen molar-refractivity contribution in [3.8, 4) is 50.2 Å². The van der Waals surface area contributed by atoms with Crippen molar-refractivity contribution in [2.75, 3.05) is 0 Å². The van der Waals surface area contributed by atoms with Crippen molar-refractivity contribution in [1.82, 2.24) is 4.57 Å². The van der Waals surface area contributed by atoms with E-state index in [4.69, 9.17) is 0 Å². The van der Waals surface area contributed by atoms with E-state index in [1.54, 1.807) is 0 Å². The van der Waals surface area contributed by atoms with Crippen LogP contribution in [-0.4, -0.2) is 4.57 Å². The Labute approximate surface area is 320 Å². The third-order valence-electron chi connectivity index (χ3n) is 11.4. The minimum Gasteiger partial charge on any atom is -0.309 e. The topological polar surface area (TPSA) is 4.93 Å². The second-order valence-corrected chi connectivity index (χ2v) is 14.5. The van der Waals surface area contributed by atoms with Gasteiger partial charge in [0.2, 0.25) is 0 Å². The molecule has 1 aromatic heterocycles. The van der Waals surface area contributed by atoms with Gasteiger partial charge in [-0.25, -0.2) is 0 Å².